The molecule has 15 heteroatoms. The number of amides is 1. The summed E-state index contributed by atoms with van der Waals surface area (Å²) in [7, 11) is 3.50. The van der Waals surface area contributed by atoms with E-state index in [1.165, 1.54) is 4.90 Å². The molecule has 0 saturated carbocycles. The number of aryl methyl sites for hydroxylation is 1. The van der Waals surface area contributed by atoms with E-state index in [2.05, 4.69) is 5.32 Å². The fourth-order valence-corrected chi connectivity index (χ4v) is 5.16. The van der Waals surface area contributed by atoms with Crippen LogP contribution in [0.15, 0.2) is 29.1 Å². The van der Waals surface area contributed by atoms with E-state index in [9.17, 15) is 32.7 Å². The number of fused-ring (bicyclic) bond motifs is 5. The van der Waals surface area contributed by atoms with E-state index in [0.717, 1.165) is 16.5 Å². The molecular weight excluding hydrogens is 589 g/mol. The average molecular weight is 621 g/mol. The van der Waals surface area contributed by atoms with Crippen LogP contribution in [0.3, 0.4) is 0 Å². The molecule has 2 aliphatic heterocycles. The van der Waals surface area contributed by atoms with Crippen molar-refractivity contribution in [3.8, 4) is 17.1 Å². The highest BCUT2D eigenvalue weighted by molar-refractivity contribution is 5.90. The van der Waals surface area contributed by atoms with Gasteiger partial charge in [0, 0.05) is 36.7 Å². The summed E-state index contributed by atoms with van der Waals surface area (Å²) in [4.78, 5) is 53.6. The summed E-state index contributed by atoms with van der Waals surface area (Å²) in [6.07, 6.45) is -4.78. The molecule has 0 unspecified atom stereocenters. The number of carboxylic acid groups (broad SMARTS) is 1. The Bertz CT molecular complexity index is 1700. The number of alkyl halides is 3. The Kier molecular flexibility index (Phi) is 9.02. The molecule has 0 fully saturated rings. The molecule has 4 heterocycles. The number of nitrogens with one attached hydrogen (secondary N) is 1. The van der Waals surface area contributed by atoms with Gasteiger partial charge in [-0.05, 0) is 49.7 Å². The van der Waals surface area contributed by atoms with Crippen LogP contribution in [0.4, 0.5) is 18.0 Å². The molecule has 3 N–H and O–H groups in total. The Labute approximate surface area is 249 Å². The number of hydrogen-bond acceptors (Lipinski definition) is 9. The third-order valence-corrected chi connectivity index (χ3v) is 7.59. The summed E-state index contributed by atoms with van der Waals surface area (Å²) in [5, 5.41) is 22.0. The molecule has 0 bridgehead atoms. The average Bonchev–Trinajstić information content (AvgIpc) is 3.35. The van der Waals surface area contributed by atoms with Gasteiger partial charge in [0.25, 0.3) is 5.56 Å². The second-order valence-corrected chi connectivity index (χ2v) is 10.2. The molecule has 0 spiro atoms. The van der Waals surface area contributed by atoms with Crippen molar-refractivity contribution in [1.29, 1.82) is 0 Å². The first-order chi connectivity index (χ1) is 20.7. The molecule has 236 valence electrons. The van der Waals surface area contributed by atoms with Crippen LogP contribution in [0.2, 0.25) is 0 Å². The number of rotatable bonds is 6. The van der Waals surface area contributed by atoms with Gasteiger partial charge in [-0.1, -0.05) is 13.8 Å². The highest BCUT2D eigenvalue weighted by Crippen LogP contribution is 2.40. The van der Waals surface area contributed by atoms with E-state index in [1.807, 2.05) is 20.0 Å². The number of ether oxygens (including phenoxy) is 2. The van der Waals surface area contributed by atoms with Crippen LogP contribution < -0.4 is 15.6 Å². The number of carboxylic acids is 1. The van der Waals surface area contributed by atoms with Gasteiger partial charge in [-0.2, -0.15) is 13.2 Å². The molecular formula is C29H31F3N4O8. The number of aliphatic hydroxyl groups is 1. The first kappa shape index (κ1) is 32.4. The third-order valence-electron chi connectivity index (χ3n) is 7.59. The monoisotopic (exact) mass is 620 g/mol. The maximum Gasteiger partial charge on any atom is 0.490 e. The number of likely N-dealkylation sites (N-methyl/N-ethyl adjacent to an activating group) is 2. The molecule has 12 nitrogen and oxygen atoms in total. The van der Waals surface area contributed by atoms with Crippen molar-refractivity contribution >= 4 is 28.9 Å². The topological polar surface area (TPSA) is 160 Å². The van der Waals surface area contributed by atoms with Crippen molar-refractivity contribution in [2.24, 2.45) is 0 Å². The zero-order valence-electron chi connectivity index (χ0n) is 24.4. The smallest absolute Gasteiger partial charge is 0.475 e. The molecule has 0 saturated heterocycles. The maximum atomic E-state index is 13.5. The number of esters is 1. The van der Waals surface area contributed by atoms with Crippen LogP contribution in [-0.2, 0) is 39.5 Å². The number of aromatic nitrogens is 2. The van der Waals surface area contributed by atoms with Crippen LogP contribution >= 0.6 is 0 Å². The normalized spacial score (nSPS) is 16.7. The number of aliphatic carboxylic acids is 1. The summed E-state index contributed by atoms with van der Waals surface area (Å²) in [5.41, 5.74) is 2.24. The lowest BCUT2D eigenvalue weighted by molar-refractivity contribution is -0.192. The van der Waals surface area contributed by atoms with Crippen LogP contribution in [0, 0.1) is 0 Å². The summed E-state index contributed by atoms with van der Waals surface area (Å²) in [5.74, 6) is -3.09. The van der Waals surface area contributed by atoms with Crippen molar-refractivity contribution in [3.63, 3.8) is 0 Å². The van der Waals surface area contributed by atoms with Crippen molar-refractivity contribution < 1.29 is 47.2 Å². The van der Waals surface area contributed by atoms with E-state index >= 15 is 0 Å². The maximum absolute atomic E-state index is 13.5. The van der Waals surface area contributed by atoms with Gasteiger partial charge in [-0.25, -0.2) is 19.4 Å². The minimum atomic E-state index is -5.08. The zero-order valence-corrected chi connectivity index (χ0v) is 24.4. The Morgan fingerprint density at radius 2 is 1.89 bits per heavy atom. The molecule has 44 heavy (non-hydrogen) atoms. The summed E-state index contributed by atoms with van der Waals surface area (Å²) < 4.78 is 44.1. The predicted molar refractivity (Wildman–Crippen MR) is 150 cm³/mol. The molecule has 0 radical (unpaired) electrons. The number of pyridine rings is 2. The standard InChI is InChI=1S/C27H30N4O6.C2HF3O2/c1-5-16-17-11-15(37-26(34)30(4)10-9-28-3)7-8-21(17)29-23-18(16)13-31-22(23)12-20-19(24(31)32)14-36-25(33)27(20,35)6-2;3-2(4,5)1(6)7/h7-8,11-12,28,35H,5-6,9-10,13-14H2,1-4H3;(H,6,7)/t27-;/m0./s1. The Morgan fingerprint density at radius 3 is 2.48 bits per heavy atom. The van der Waals surface area contributed by atoms with Crippen LogP contribution in [0.1, 0.15) is 42.5 Å². The van der Waals surface area contributed by atoms with Crippen molar-refractivity contribution in [2.75, 3.05) is 27.2 Å². The van der Waals surface area contributed by atoms with Crippen molar-refractivity contribution in [3.05, 3.63) is 56.9 Å². The van der Waals surface area contributed by atoms with Crippen LogP contribution in [0.5, 0.6) is 5.75 Å². The Balaban J connectivity index is 0.000000566. The second kappa shape index (κ2) is 12.2. The van der Waals surface area contributed by atoms with Gasteiger partial charge in [0.05, 0.1) is 29.0 Å². The summed E-state index contributed by atoms with van der Waals surface area (Å²) in [6, 6.07) is 7.02. The number of carbonyl (C=O) groups excluding carboxylic acids is 2. The highest BCUT2D eigenvalue weighted by atomic mass is 19.4. The zero-order chi connectivity index (χ0) is 32.6. The van der Waals surface area contributed by atoms with Gasteiger partial charge in [-0.15, -0.1) is 0 Å². The lowest BCUT2D eigenvalue weighted by atomic mass is 9.86. The van der Waals surface area contributed by atoms with Crippen LogP contribution in [0.25, 0.3) is 22.3 Å². The quantitative estimate of drug-likeness (QED) is 0.274. The van der Waals surface area contributed by atoms with Gasteiger partial charge >= 0.3 is 24.2 Å². The number of carbonyl (C=O) groups is 3. The number of halogens is 3. The minimum Gasteiger partial charge on any atom is -0.475 e. The van der Waals surface area contributed by atoms with Crippen molar-refractivity contribution in [2.45, 2.75) is 51.6 Å². The van der Waals surface area contributed by atoms with Gasteiger partial charge in [0.15, 0.2) is 5.60 Å². The van der Waals surface area contributed by atoms with Crippen LogP contribution in [-0.4, -0.2) is 76.1 Å². The van der Waals surface area contributed by atoms with E-state index in [4.69, 9.17) is 24.4 Å². The molecule has 2 aliphatic rings. The Hall–Kier alpha value is -4.50. The fraction of sp³-hybridized carbons (Fsp3) is 0.414. The SMILES string of the molecule is CCc1c2c(nc3ccc(OC(=O)N(C)CCNC)cc13)-c1cc3c(c(=O)n1C2)COC(=O)[C@]3(O)CC.O=C(O)C(F)(F)F. The van der Waals surface area contributed by atoms with E-state index in [1.54, 1.807) is 36.7 Å². The fourth-order valence-electron chi connectivity index (χ4n) is 5.16. The highest BCUT2D eigenvalue weighted by Gasteiger charge is 2.45. The summed E-state index contributed by atoms with van der Waals surface area (Å²) in [6.45, 7) is 5.02. The van der Waals surface area contributed by atoms with Gasteiger partial charge in [-0.3, -0.25) is 4.79 Å². The minimum absolute atomic E-state index is 0.0889. The number of cyclic esters (lactones) is 1. The van der Waals surface area contributed by atoms with Gasteiger partial charge < -0.3 is 34.5 Å². The first-order valence-corrected chi connectivity index (χ1v) is 13.7. The number of benzene rings is 1. The lowest BCUT2D eigenvalue weighted by Crippen LogP contribution is -2.44. The van der Waals surface area contributed by atoms with Gasteiger partial charge in [0.2, 0.25) is 0 Å². The molecule has 1 atom stereocenters. The molecule has 1 amide bonds. The third kappa shape index (κ3) is 5.84. The molecule has 5 rings (SSSR count). The van der Waals surface area contributed by atoms with E-state index < -0.39 is 29.8 Å². The lowest BCUT2D eigenvalue weighted by Gasteiger charge is -2.31. The predicted octanol–water partition coefficient (Wildman–Crippen LogP) is 2.93. The summed E-state index contributed by atoms with van der Waals surface area (Å²) >= 11 is 0. The molecule has 3 aromatic rings. The van der Waals surface area contributed by atoms with Crippen molar-refractivity contribution in [1.82, 2.24) is 19.8 Å². The van der Waals surface area contributed by atoms with Gasteiger partial charge in [0.1, 0.15) is 12.4 Å². The molecule has 0 aliphatic carbocycles. The largest absolute Gasteiger partial charge is 0.490 e. The number of nitrogens with zero attached hydrogens (tertiary/aromatic N) is 3. The number of hydrogen-bond donors (Lipinski definition) is 3. The molecule has 1 aromatic carbocycles. The molecule has 2 aromatic heterocycles. The first-order valence-electron chi connectivity index (χ1n) is 13.7. The Morgan fingerprint density at radius 1 is 1.20 bits per heavy atom. The van der Waals surface area contributed by atoms with E-state index in [0.29, 0.717) is 59.8 Å². The second-order valence-electron chi connectivity index (χ2n) is 10.2. The van der Waals surface area contributed by atoms with E-state index in [-0.39, 0.29) is 18.6 Å².